The summed E-state index contributed by atoms with van der Waals surface area (Å²) in [4.78, 5) is 12.0. The summed E-state index contributed by atoms with van der Waals surface area (Å²) in [5, 5.41) is 12.9. The first kappa shape index (κ1) is 12.9. The molecule has 0 saturated carbocycles. The van der Waals surface area contributed by atoms with Crippen molar-refractivity contribution in [3.8, 4) is 0 Å². The average Bonchev–Trinajstić information content (AvgIpc) is 2.71. The van der Waals surface area contributed by atoms with Crippen LogP contribution in [0.25, 0.3) is 0 Å². The molecule has 1 saturated heterocycles. The van der Waals surface area contributed by atoms with Crippen molar-refractivity contribution in [3.63, 3.8) is 0 Å². The first-order valence-corrected chi connectivity index (χ1v) is 7.34. The minimum absolute atomic E-state index is 0.298. The quantitative estimate of drug-likeness (QED) is 0.882. The maximum atomic E-state index is 12.0. The van der Waals surface area contributed by atoms with Gasteiger partial charge in [-0.2, -0.15) is 11.8 Å². The van der Waals surface area contributed by atoms with Crippen molar-refractivity contribution in [3.05, 3.63) is 28.2 Å². The van der Waals surface area contributed by atoms with Crippen LogP contribution in [0, 0.1) is 6.92 Å². The standard InChI is InChI=1S/C12H14BrNO2S/c1-8-6-9(13)2-3-10(8)14-11(15)12(16)4-5-17-7-12/h2-3,6,16H,4-5,7H2,1H3,(H,14,15). The van der Waals surface area contributed by atoms with Crippen molar-refractivity contribution < 1.29 is 9.90 Å². The molecule has 1 amide bonds. The maximum Gasteiger partial charge on any atom is 0.257 e. The molecule has 0 bridgehead atoms. The monoisotopic (exact) mass is 315 g/mol. The Kier molecular flexibility index (Phi) is 3.80. The summed E-state index contributed by atoms with van der Waals surface area (Å²) < 4.78 is 0.975. The zero-order valence-corrected chi connectivity index (χ0v) is 11.9. The van der Waals surface area contributed by atoms with E-state index in [9.17, 15) is 9.90 Å². The predicted octanol–water partition coefficient (Wildman–Crippen LogP) is 2.56. The van der Waals surface area contributed by atoms with Crippen molar-refractivity contribution in [2.75, 3.05) is 16.8 Å². The van der Waals surface area contributed by atoms with E-state index in [1.54, 1.807) is 11.8 Å². The first-order valence-electron chi connectivity index (χ1n) is 5.39. The molecule has 1 aromatic carbocycles. The predicted molar refractivity (Wildman–Crippen MR) is 74.4 cm³/mol. The van der Waals surface area contributed by atoms with E-state index in [2.05, 4.69) is 21.2 Å². The van der Waals surface area contributed by atoms with Gasteiger partial charge in [-0.05, 0) is 42.9 Å². The molecule has 2 rings (SSSR count). The Morgan fingerprint density at radius 3 is 2.94 bits per heavy atom. The summed E-state index contributed by atoms with van der Waals surface area (Å²) in [5.41, 5.74) is 0.523. The Morgan fingerprint density at radius 1 is 1.59 bits per heavy atom. The lowest BCUT2D eigenvalue weighted by Gasteiger charge is -2.21. The van der Waals surface area contributed by atoms with Gasteiger partial charge < -0.3 is 10.4 Å². The fourth-order valence-electron chi connectivity index (χ4n) is 1.74. The molecule has 1 aliphatic rings. The highest BCUT2D eigenvalue weighted by Gasteiger charge is 2.39. The minimum atomic E-state index is -1.20. The number of hydrogen-bond donors (Lipinski definition) is 2. The molecule has 1 heterocycles. The third-order valence-electron chi connectivity index (χ3n) is 2.86. The molecule has 1 aliphatic heterocycles. The molecule has 2 N–H and O–H groups in total. The summed E-state index contributed by atoms with van der Waals surface area (Å²) in [7, 11) is 0. The van der Waals surface area contributed by atoms with Crippen LogP contribution in [-0.4, -0.2) is 28.1 Å². The van der Waals surface area contributed by atoms with E-state index < -0.39 is 5.60 Å². The maximum absolute atomic E-state index is 12.0. The number of aryl methyl sites for hydroxylation is 1. The number of benzene rings is 1. The van der Waals surface area contributed by atoms with Crippen LogP contribution in [0.4, 0.5) is 5.69 Å². The van der Waals surface area contributed by atoms with Gasteiger partial charge >= 0.3 is 0 Å². The zero-order valence-electron chi connectivity index (χ0n) is 9.50. The van der Waals surface area contributed by atoms with E-state index in [1.807, 2.05) is 25.1 Å². The number of carbonyl (C=O) groups is 1. The number of halogens is 1. The Balaban J connectivity index is 2.13. The Morgan fingerprint density at radius 2 is 2.35 bits per heavy atom. The van der Waals surface area contributed by atoms with Gasteiger partial charge in [0.15, 0.2) is 5.60 Å². The fraction of sp³-hybridized carbons (Fsp3) is 0.417. The highest BCUT2D eigenvalue weighted by atomic mass is 79.9. The minimum Gasteiger partial charge on any atom is -0.379 e. The molecular weight excluding hydrogens is 302 g/mol. The molecule has 92 valence electrons. The molecule has 17 heavy (non-hydrogen) atoms. The van der Waals surface area contributed by atoms with Gasteiger partial charge in [-0.25, -0.2) is 0 Å². The lowest BCUT2D eigenvalue weighted by molar-refractivity contribution is -0.131. The normalized spacial score (nSPS) is 23.7. The lowest BCUT2D eigenvalue weighted by atomic mass is 10.0. The first-order chi connectivity index (χ1) is 8.01. The van der Waals surface area contributed by atoms with Gasteiger partial charge in [-0.3, -0.25) is 4.79 Å². The summed E-state index contributed by atoms with van der Waals surface area (Å²) in [6.45, 7) is 1.92. The van der Waals surface area contributed by atoms with E-state index in [0.717, 1.165) is 21.5 Å². The molecule has 3 nitrogen and oxygen atoms in total. The van der Waals surface area contributed by atoms with E-state index in [-0.39, 0.29) is 5.91 Å². The summed E-state index contributed by atoms with van der Waals surface area (Å²) in [6, 6.07) is 5.64. The lowest BCUT2D eigenvalue weighted by Crippen LogP contribution is -2.43. The Hall–Kier alpha value is -0.520. The number of hydrogen-bond acceptors (Lipinski definition) is 3. The smallest absolute Gasteiger partial charge is 0.257 e. The van der Waals surface area contributed by atoms with E-state index in [4.69, 9.17) is 0 Å². The second-order valence-corrected chi connectivity index (χ2v) is 6.27. The van der Waals surface area contributed by atoms with E-state index in [1.165, 1.54) is 0 Å². The molecule has 0 radical (unpaired) electrons. The summed E-state index contributed by atoms with van der Waals surface area (Å²) >= 11 is 4.98. The molecule has 0 aromatic heterocycles. The molecule has 5 heteroatoms. The number of aliphatic hydroxyl groups is 1. The third-order valence-corrected chi connectivity index (χ3v) is 4.53. The number of rotatable bonds is 2. The summed E-state index contributed by atoms with van der Waals surface area (Å²) in [5.74, 6) is 1.02. The van der Waals surface area contributed by atoms with Crippen LogP contribution >= 0.6 is 27.7 Å². The van der Waals surface area contributed by atoms with Gasteiger partial charge in [0.2, 0.25) is 0 Å². The van der Waals surface area contributed by atoms with Crippen LogP contribution in [0.3, 0.4) is 0 Å². The van der Waals surface area contributed by atoms with Crippen LogP contribution in [0.1, 0.15) is 12.0 Å². The molecule has 1 unspecified atom stereocenters. The second kappa shape index (κ2) is 5.00. The van der Waals surface area contributed by atoms with Crippen LogP contribution < -0.4 is 5.32 Å². The van der Waals surface area contributed by atoms with Crippen LogP contribution in [0.2, 0.25) is 0 Å². The number of nitrogens with one attached hydrogen (secondary N) is 1. The highest BCUT2D eigenvalue weighted by Crippen LogP contribution is 2.29. The second-order valence-electron chi connectivity index (χ2n) is 4.25. The number of thioether (sulfide) groups is 1. The Labute approximate surface area is 113 Å². The van der Waals surface area contributed by atoms with Crippen molar-refractivity contribution in [1.29, 1.82) is 0 Å². The van der Waals surface area contributed by atoms with Gasteiger partial charge in [-0.1, -0.05) is 15.9 Å². The topological polar surface area (TPSA) is 49.3 Å². The molecule has 1 fully saturated rings. The van der Waals surface area contributed by atoms with Crippen molar-refractivity contribution in [1.82, 2.24) is 0 Å². The largest absolute Gasteiger partial charge is 0.379 e. The van der Waals surface area contributed by atoms with Gasteiger partial charge in [0.05, 0.1) is 0 Å². The van der Waals surface area contributed by atoms with Crippen LogP contribution in [-0.2, 0) is 4.79 Å². The van der Waals surface area contributed by atoms with Crippen LogP contribution in [0.15, 0.2) is 22.7 Å². The third kappa shape index (κ3) is 2.84. The molecule has 0 spiro atoms. The summed E-state index contributed by atoms with van der Waals surface area (Å²) in [6.07, 6.45) is 0.527. The number of anilines is 1. The van der Waals surface area contributed by atoms with Gasteiger partial charge in [0.1, 0.15) is 0 Å². The fourth-order valence-corrected chi connectivity index (χ4v) is 3.45. The number of carbonyl (C=O) groups excluding carboxylic acids is 1. The van der Waals surface area contributed by atoms with Crippen molar-refractivity contribution in [2.45, 2.75) is 18.9 Å². The molecular formula is C12H14BrNO2S. The molecule has 1 atom stereocenters. The van der Waals surface area contributed by atoms with E-state index >= 15 is 0 Å². The van der Waals surface area contributed by atoms with Crippen LogP contribution in [0.5, 0.6) is 0 Å². The van der Waals surface area contributed by atoms with Gasteiger partial charge in [0, 0.05) is 15.9 Å². The van der Waals surface area contributed by atoms with Crippen molar-refractivity contribution in [2.24, 2.45) is 0 Å². The van der Waals surface area contributed by atoms with Gasteiger partial charge in [-0.15, -0.1) is 0 Å². The average molecular weight is 316 g/mol. The molecule has 1 aromatic rings. The SMILES string of the molecule is Cc1cc(Br)ccc1NC(=O)C1(O)CCSC1. The van der Waals surface area contributed by atoms with Crippen molar-refractivity contribution >= 4 is 39.3 Å². The van der Waals surface area contributed by atoms with Gasteiger partial charge in [0.25, 0.3) is 5.91 Å². The zero-order chi connectivity index (χ0) is 12.5. The molecule has 0 aliphatic carbocycles. The Bertz CT molecular complexity index is 444. The number of amides is 1. The highest BCUT2D eigenvalue weighted by molar-refractivity contribution is 9.10. The van der Waals surface area contributed by atoms with E-state index in [0.29, 0.717) is 12.2 Å².